The van der Waals surface area contributed by atoms with Gasteiger partial charge < -0.3 is 4.42 Å². The Morgan fingerprint density at radius 2 is 1.72 bits per heavy atom. The molecule has 2 heterocycles. The number of oxazole rings is 1. The maximum atomic E-state index is 12.8. The quantitative estimate of drug-likeness (QED) is 0.319. The van der Waals surface area contributed by atoms with Crippen molar-refractivity contribution in [1.82, 2.24) is 9.97 Å². The SMILES string of the molecule is O=C(CCCCCCc1ccccc1)c1ncc(-c2cc(C(F)(F)F)ccn2)o1. The van der Waals surface area contributed by atoms with Crippen molar-refractivity contribution in [1.29, 1.82) is 0 Å². The second kappa shape index (κ2) is 9.49. The van der Waals surface area contributed by atoms with Crippen molar-refractivity contribution in [2.45, 2.75) is 44.7 Å². The molecule has 0 N–H and O–H groups in total. The molecule has 2 aromatic heterocycles. The molecule has 152 valence electrons. The van der Waals surface area contributed by atoms with Gasteiger partial charge in [-0.05, 0) is 37.0 Å². The highest BCUT2D eigenvalue weighted by Crippen LogP contribution is 2.31. The van der Waals surface area contributed by atoms with E-state index in [1.165, 1.54) is 11.8 Å². The normalized spacial score (nSPS) is 11.6. The summed E-state index contributed by atoms with van der Waals surface area (Å²) in [5.41, 5.74) is 0.466. The molecule has 0 unspecified atom stereocenters. The number of benzene rings is 1. The van der Waals surface area contributed by atoms with Crippen LogP contribution in [0.1, 0.15) is 53.9 Å². The number of halogens is 3. The molecule has 0 aliphatic carbocycles. The minimum atomic E-state index is -4.48. The minimum absolute atomic E-state index is 0.00714. The third-order valence-corrected chi connectivity index (χ3v) is 4.55. The van der Waals surface area contributed by atoms with Gasteiger partial charge >= 0.3 is 6.18 Å². The van der Waals surface area contributed by atoms with Crippen LogP contribution in [0.25, 0.3) is 11.5 Å². The lowest BCUT2D eigenvalue weighted by Crippen LogP contribution is -2.05. The molecule has 0 bridgehead atoms. The van der Waals surface area contributed by atoms with Gasteiger partial charge in [-0.3, -0.25) is 9.78 Å². The number of nitrogens with zero attached hydrogens (tertiary/aromatic N) is 2. The fraction of sp³-hybridized carbons (Fsp3) is 0.318. The number of rotatable bonds is 9. The fourth-order valence-electron chi connectivity index (χ4n) is 2.98. The van der Waals surface area contributed by atoms with Gasteiger partial charge in [0.15, 0.2) is 5.76 Å². The summed E-state index contributed by atoms with van der Waals surface area (Å²) in [5.74, 6) is -0.308. The molecule has 0 aliphatic rings. The molecule has 0 amide bonds. The van der Waals surface area contributed by atoms with Crippen molar-refractivity contribution in [3.8, 4) is 11.5 Å². The highest BCUT2D eigenvalue weighted by Gasteiger charge is 2.31. The molecule has 0 saturated heterocycles. The number of carbonyl (C=O) groups excluding carboxylic acids is 1. The Kier molecular flexibility index (Phi) is 6.80. The number of pyridine rings is 1. The molecule has 0 radical (unpaired) electrons. The summed E-state index contributed by atoms with van der Waals surface area (Å²) in [6, 6.07) is 12.0. The van der Waals surface area contributed by atoms with Crippen LogP contribution in [0.2, 0.25) is 0 Å². The van der Waals surface area contributed by atoms with Crippen LogP contribution >= 0.6 is 0 Å². The van der Waals surface area contributed by atoms with E-state index >= 15 is 0 Å². The molecule has 7 heteroatoms. The van der Waals surface area contributed by atoms with Crippen molar-refractivity contribution < 1.29 is 22.4 Å². The summed E-state index contributed by atoms with van der Waals surface area (Å²) in [6.07, 6.45) is 2.83. The van der Waals surface area contributed by atoms with Gasteiger partial charge in [0.1, 0.15) is 5.69 Å². The first-order chi connectivity index (χ1) is 13.9. The highest BCUT2D eigenvalue weighted by molar-refractivity contribution is 5.91. The van der Waals surface area contributed by atoms with Crippen molar-refractivity contribution in [2.75, 3.05) is 0 Å². The average molecular weight is 402 g/mol. The van der Waals surface area contributed by atoms with Gasteiger partial charge in [0.2, 0.25) is 5.78 Å². The van der Waals surface area contributed by atoms with Crippen LogP contribution in [0.4, 0.5) is 13.2 Å². The predicted molar refractivity (Wildman–Crippen MR) is 102 cm³/mol. The van der Waals surface area contributed by atoms with Crippen molar-refractivity contribution in [3.63, 3.8) is 0 Å². The number of hydrogen-bond acceptors (Lipinski definition) is 4. The van der Waals surface area contributed by atoms with Gasteiger partial charge in [-0.2, -0.15) is 13.2 Å². The molecule has 0 saturated carbocycles. The Balaban J connectivity index is 1.46. The first-order valence-corrected chi connectivity index (χ1v) is 9.50. The number of Topliss-reactive ketones (excluding diaryl/α,β-unsaturated/α-hetero) is 1. The van der Waals surface area contributed by atoms with E-state index in [0.29, 0.717) is 12.8 Å². The van der Waals surface area contributed by atoms with Gasteiger partial charge in [0.25, 0.3) is 5.89 Å². The first-order valence-electron chi connectivity index (χ1n) is 9.50. The molecule has 3 aromatic rings. The summed E-state index contributed by atoms with van der Waals surface area (Å²) in [6.45, 7) is 0. The number of hydrogen-bond donors (Lipinski definition) is 0. The Morgan fingerprint density at radius 1 is 0.966 bits per heavy atom. The Hall–Kier alpha value is -2.96. The van der Waals surface area contributed by atoms with Crippen LogP contribution in [0.3, 0.4) is 0 Å². The summed E-state index contributed by atoms with van der Waals surface area (Å²) in [4.78, 5) is 20.0. The van der Waals surface area contributed by atoms with E-state index < -0.39 is 11.7 Å². The monoisotopic (exact) mass is 402 g/mol. The van der Waals surface area contributed by atoms with Gasteiger partial charge in [-0.15, -0.1) is 0 Å². The second-order valence-corrected chi connectivity index (χ2v) is 6.78. The van der Waals surface area contributed by atoms with Crippen LogP contribution in [-0.2, 0) is 12.6 Å². The molecule has 0 fully saturated rings. The molecular formula is C22H21F3N2O2. The Labute approximate surface area is 166 Å². The van der Waals surface area contributed by atoms with Crippen molar-refractivity contribution in [3.05, 3.63) is 71.9 Å². The molecule has 29 heavy (non-hydrogen) atoms. The Bertz CT molecular complexity index is 936. The largest absolute Gasteiger partial charge is 0.432 e. The predicted octanol–water partition coefficient (Wildman–Crippen LogP) is 6.13. The van der Waals surface area contributed by atoms with Crippen LogP contribution in [-0.4, -0.2) is 15.8 Å². The third kappa shape index (κ3) is 6.01. The lowest BCUT2D eigenvalue weighted by molar-refractivity contribution is -0.137. The smallest absolute Gasteiger partial charge is 0.416 e. The van der Waals surface area contributed by atoms with Gasteiger partial charge in [0, 0.05) is 12.6 Å². The van der Waals surface area contributed by atoms with E-state index in [0.717, 1.165) is 44.0 Å². The lowest BCUT2D eigenvalue weighted by atomic mass is 10.0. The molecule has 4 nitrogen and oxygen atoms in total. The highest BCUT2D eigenvalue weighted by atomic mass is 19.4. The topological polar surface area (TPSA) is 56.0 Å². The summed E-state index contributed by atoms with van der Waals surface area (Å²) in [5, 5.41) is 0. The maximum absolute atomic E-state index is 12.8. The number of unbranched alkanes of at least 4 members (excludes halogenated alkanes) is 3. The van der Waals surface area contributed by atoms with Gasteiger partial charge in [-0.25, -0.2) is 4.98 Å². The summed E-state index contributed by atoms with van der Waals surface area (Å²) in [7, 11) is 0. The van der Waals surface area contributed by atoms with Crippen molar-refractivity contribution in [2.24, 2.45) is 0 Å². The van der Waals surface area contributed by atoms with E-state index in [9.17, 15) is 18.0 Å². The number of aryl methyl sites for hydroxylation is 1. The van der Waals surface area contributed by atoms with E-state index in [2.05, 4.69) is 22.1 Å². The van der Waals surface area contributed by atoms with Crippen LogP contribution < -0.4 is 0 Å². The zero-order valence-corrected chi connectivity index (χ0v) is 15.8. The van der Waals surface area contributed by atoms with E-state index in [1.54, 1.807) is 0 Å². The maximum Gasteiger partial charge on any atom is 0.416 e. The summed E-state index contributed by atoms with van der Waals surface area (Å²) >= 11 is 0. The standard InChI is InChI=1S/C22H21F3N2O2/c23-22(24,25)17-12-13-26-18(14-17)20-15-27-21(29-20)19(28)11-7-2-1-4-8-16-9-5-3-6-10-16/h3,5-6,9-10,12-15H,1-2,4,7-8,11H2. The molecule has 0 aliphatic heterocycles. The van der Waals surface area contributed by atoms with Crippen LogP contribution in [0.15, 0.2) is 59.3 Å². The van der Waals surface area contributed by atoms with Crippen LogP contribution in [0.5, 0.6) is 0 Å². The van der Waals surface area contributed by atoms with E-state index in [1.807, 2.05) is 18.2 Å². The lowest BCUT2D eigenvalue weighted by Gasteiger charge is -2.06. The van der Waals surface area contributed by atoms with E-state index in [-0.39, 0.29) is 23.1 Å². The summed E-state index contributed by atoms with van der Waals surface area (Å²) < 4.78 is 43.8. The van der Waals surface area contributed by atoms with E-state index in [4.69, 9.17) is 4.42 Å². The molecule has 0 spiro atoms. The Morgan fingerprint density at radius 3 is 2.48 bits per heavy atom. The number of carbonyl (C=O) groups is 1. The second-order valence-electron chi connectivity index (χ2n) is 6.78. The first kappa shape index (κ1) is 20.8. The third-order valence-electron chi connectivity index (χ3n) is 4.55. The number of aromatic nitrogens is 2. The van der Waals surface area contributed by atoms with Gasteiger partial charge in [0.05, 0.1) is 11.8 Å². The van der Waals surface area contributed by atoms with Crippen molar-refractivity contribution >= 4 is 5.78 Å². The zero-order chi connectivity index (χ0) is 20.7. The zero-order valence-electron chi connectivity index (χ0n) is 15.8. The number of ketones is 1. The molecular weight excluding hydrogens is 381 g/mol. The fourth-order valence-corrected chi connectivity index (χ4v) is 2.98. The molecule has 0 atom stereocenters. The number of alkyl halides is 3. The van der Waals surface area contributed by atoms with Gasteiger partial charge in [-0.1, -0.05) is 43.2 Å². The van der Waals surface area contributed by atoms with Crippen LogP contribution in [0, 0.1) is 0 Å². The molecule has 3 rings (SSSR count). The molecule has 1 aromatic carbocycles. The average Bonchev–Trinajstić information content (AvgIpc) is 3.21. The minimum Gasteiger partial charge on any atom is -0.432 e.